The van der Waals surface area contributed by atoms with E-state index in [-0.39, 0.29) is 69.2 Å². The molecule has 1 heterocycles. The number of benzene rings is 5. The fourth-order valence-electron chi connectivity index (χ4n) is 10.5. The van der Waals surface area contributed by atoms with Gasteiger partial charge in [0.2, 0.25) is 5.79 Å². The van der Waals surface area contributed by atoms with Gasteiger partial charge in [0, 0.05) is 49.8 Å². The molecule has 0 aromatic heterocycles. The molecule has 2 aliphatic carbocycles. The number of aliphatic hydroxyl groups is 2. The molecule has 6 atom stereocenters. The molecule has 1 fully saturated rings. The molecule has 0 unspecified atom stereocenters. The van der Waals surface area contributed by atoms with Crippen LogP contribution in [-0.2, 0) is 22.7 Å². The molecule has 5 aromatic carbocycles. The van der Waals surface area contributed by atoms with Crippen molar-refractivity contribution in [3.8, 4) is 17.2 Å². The minimum absolute atomic E-state index is 0.0203. The van der Waals surface area contributed by atoms with Gasteiger partial charge in [-0.1, -0.05) is 103 Å². The predicted molar refractivity (Wildman–Crippen MR) is 265 cm³/mol. The lowest BCUT2D eigenvalue weighted by molar-refractivity contribution is -0.384. The molecule has 1 aliphatic heterocycles. The lowest BCUT2D eigenvalue weighted by Crippen LogP contribution is -2.70. The van der Waals surface area contributed by atoms with Crippen molar-refractivity contribution in [1.82, 2.24) is 10.2 Å². The molecular weight excluding hydrogens is 893 g/mol. The molecule has 3 aliphatic rings. The van der Waals surface area contributed by atoms with Gasteiger partial charge in [0.1, 0.15) is 29.9 Å². The first kappa shape index (κ1) is 49.4. The van der Waals surface area contributed by atoms with Gasteiger partial charge in [-0.15, -0.1) is 6.58 Å². The van der Waals surface area contributed by atoms with Gasteiger partial charge in [-0.2, -0.15) is 0 Å². The van der Waals surface area contributed by atoms with E-state index in [9.17, 15) is 25.1 Å². The fourth-order valence-corrected chi connectivity index (χ4v) is 10.5. The third kappa shape index (κ3) is 10.9. The normalized spacial score (nSPS) is 21.6. The highest BCUT2D eigenvalue weighted by atomic mass is 16.7. The summed E-state index contributed by atoms with van der Waals surface area (Å²) in [6.45, 7) is 6.54. The number of fused-ring (bicyclic) bond motifs is 3. The molecule has 0 spiro atoms. The number of hydrogen-bond donors (Lipinski definition) is 3. The van der Waals surface area contributed by atoms with E-state index in [1.54, 1.807) is 23.1 Å². The van der Waals surface area contributed by atoms with Crippen molar-refractivity contribution < 1.29 is 48.5 Å². The van der Waals surface area contributed by atoms with E-state index >= 15 is 4.79 Å². The Labute approximate surface area is 407 Å². The van der Waals surface area contributed by atoms with E-state index in [1.807, 2.05) is 85.8 Å². The van der Waals surface area contributed by atoms with Crippen LogP contribution in [0.1, 0.15) is 74.5 Å². The number of aliphatic hydroxyl groups excluding tert-OH is 2. The summed E-state index contributed by atoms with van der Waals surface area (Å²) < 4.78 is 26.7. The molecule has 0 saturated heterocycles. The van der Waals surface area contributed by atoms with E-state index in [0.29, 0.717) is 42.9 Å². The molecule has 0 radical (unpaired) electrons. The van der Waals surface area contributed by atoms with Gasteiger partial charge < -0.3 is 39.3 Å². The summed E-state index contributed by atoms with van der Waals surface area (Å²) in [5.74, 6) is -1.96. The molecule has 2 amide bonds. The number of carbonyl (C=O) groups excluding carboxylic acids is 2. The number of nitrogens with zero attached hydrogens (tertiary/aromatic N) is 3. The second-order valence-electron chi connectivity index (χ2n) is 17.8. The largest absolute Gasteiger partial charge is 0.459 e. The number of ether oxygens (including phenoxy) is 4. The van der Waals surface area contributed by atoms with Gasteiger partial charge in [0.05, 0.1) is 29.7 Å². The first-order chi connectivity index (χ1) is 34.2. The Morgan fingerprint density at radius 3 is 2.39 bits per heavy atom. The zero-order chi connectivity index (χ0) is 49.0. The van der Waals surface area contributed by atoms with Crippen molar-refractivity contribution in [2.75, 3.05) is 26.4 Å². The van der Waals surface area contributed by atoms with Gasteiger partial charge in [0.15, 0.2) is 0 Å². The SMILES string of the molecule is C=CCO[C@@]12Oc3ccc(OC(=O)NCc4ccccc4)cc3[C@H]3[C@H](CCCCO)[C@@H](CCCCO)C=C(C(=NOCC)C[C@@H]1N(Cc1cccc4ccccc14)C(=O)Oc1ccc([N+](=O)[O-])cc1)[C@H]32. The highest BCUT2D eigenvalue weighted by Crippen LogP contribution is 2.62. The third-order valence-corrected chi connectivity index (χ3v) is 13.5. The number of nitro groups is 1. The number of allylic oxidation sites excluding steroid dienone is 1. The van der Waals surface area contributed by atoms with Gasteiger partial charge >= 0.3 is 12.2 Å². The van der Waals surface area contributed by atoms with Crippen molar-refractivity contribution in [1.29, 1.82) is 0 Å². The quantitative estimate of drug-likeness (QED) is 0.0274. The van der Waals surface area contributed by atoms with E-state index in [4.69, 9.17) is 28.9 Å². The minimum atomic E-state index is -1.64. The predicted octanol–water partition coefficient (Wildman–Crippen LogP) is 10.4. The molecular formula is C55H60N4O11. The van der Waals surface area contributed by atoms with Crippen molar-refractivity contribution in [3.05, 3.63) is 166 Å². The van der Waals surface area contributed by atoms with Gasteiger partial charge in [-0.05, 0) is 102 Å². The molecule has 5 aromatic rings. The Balaban J connectivity index is 1.31. The Morgan fingerprint density at radius 1 is 0.914 bits per heavy atom. The molecule has 8 rings (SSSR count). The molecule has 70 heavy (non-hydrogen) atoms. The number of hydrogen-bond acceptors (Lipinski definition) is 12. The zero-order valence-corrected chi connectivity index (χ0v) is 39.3. The van der Waals surface area contributed by atoms with E-state index in [0.717, 1.165) is 45.9 Å². The standard InChI is InChI=1S/C55H60N4O11/c1-3-31-66-55-50(58(36-40-20-14-19-38-17-8-9-21-44(38)40)54(63)69-42-25-23-41(24-26-42)59(64)65)34-48(57-67-4-2)46-32-39(18-10-12-29-60)45(22-11-13-30-61)51(52(46)55)47-33-43(27-28-49(47)70-55)68-53(62)56-35-37-15-6-5-7-16-37/h3,5-9,14-17,19-21,23-28,32-33,39,45,50-52,60-61H,1,4,10-13,18,22,29-31,34-36H2,2H3,(H,56,62)/t39-,45+,50-,51+,52+,55+/m0/s1. The summed E-state index contributed by atoms with van der Waals surface area (Å²) in [6.07, 6.45) is 6.68. The van der Waals surface area contributed by atoms with Crippen LogP contribution in [0.3, 0.4) is 0 Å². The first-order valence-electron chi connectivity index (χ1n) is 24.1. The lowest BCUT2D eigenvalue weighted by Gasteiger charge is -2.59. The lowest BCUT2D eigenvalue weighted by atomic mass is 9.55. The molecule has 366 valence electrons. The molecule has 1 saturated carbocycles. The van der Waals surface area contributed by atoms with Crippen molar-refractivity contribution in [2.45, 2.75) is 82.7 Å². The van der Waals surface area contributed by atoms with Gasteiger partial charge in [-0.25, -0.2) is 9.59 Å². The number of nitrogens with one attached hydrogen (secondary N) is 1. The van der Waals surface area contributed by atoms with Crippen LogP contribution in [0.15, 0.2) is 145 Å². The van der Waals surface area contributed by atoms with Crippen LogP contribution in [-0.4, -0.2) is 76.2 Å². The number of nitro benzene ring substituents is 1. The summed E-state index contributed by atoms with van der Waals surface area (Å²) >= 11 is 0. The Kier molecular flexibility index (Phi) is 16.2. The molecule has 15 nitrogen and oxygen atoms in total. The van der Waals surface area contributed by atoms with Crippen LogP contribution in [0.2, 0.25) is 0 Å². The number of carbonyl (C=O) groups is 2. The number of non-ortho nitro benzene ring substituents is 1. The van der Waals surface area contributed by atoms with Crippen LogP contribution < -0.4 is 19.5 Å². The van der Waals surface area contributed by atoms with E-state index in [2.05, 4.69) is 18.0 Å². The number of amides is 2. The van der Waals surface area contributed by atoms with Gasteiger partial charge in [-0.3, -0.25) is 15.0 Å². The summed E-state index contributed by atoms with van der Waals surface area (Å²) in [5.41, 5.74) is 3.76. The Morgan fingerprint density at radius 2 is 1.64 bits per heavy atom. The maximum absolute atomic E-state index is 15.3. The van der Waals surface area contributed by atoms with Crippen molar-refractivity contribution >= 4 is 34.4 Å². The number of unbranched alkanes of at least 4 members (excludes halogenated alkanes) is 2. The van der Waals surface area contributed by atoms with Crippen molar-refractivity contribution in [2.24, 2.45) is 22.9 Å². The summed E-state index contributed by atoms with van der Waals surface area (Å²) in [5, 5.41) is 41.1. The minimum Gasteiger partial charge on any atom is -0.459 e. The highest BCUT2D eigenvalue weighted by Gasteiger charge is 2.66. The average molecular weight is 953 g/mol. The summed E-state index contributed by atoms with van der Waals surface area (Å²) in [6, 6.07) is 33.0. The maximum atomic E-state index is 15.3. The Bertz CT molecular complexity index is 2690. The zero-order valence-electron chi connectivity index (χ0n) is 39.3. The number of oxime groups is 1. The molecule has 0 bridgehead atoms. The highest BCUT2D eigenvalue weighted by molar-refractivity contribution is 6.03. The Hall–Kier alpha value is -7.07. The summed E-state index contributed by atoms with van der Waals surface area (Å²) in [7, 11) is 0. The van der Waals surface area contributed by atoms with Crippen LogP contribution >= 0.6 is 0 Å². The monoisotopic (exact) mass is 952 g/mol. The molecule has 15 heteroatoms. The topological polar surface area (TPSA) is 192 Å². The smallest absolute Gasteiger partial charge is 0.416 e. The van der Waals surface area contributed by atoms with Crippen LogP contribution in [0.5, 0.6) is 17.2 Å². The number of rotatable bonds is 21. The van der Waals surface area contributed by atoms with Crippen molar-refractivity contribution in [3.63, 3.8) is 0 Å². The van der Waals surface area contributed by atoms with Crippen LogP contribution in [0.25, 0.3) is 10.8 Å². The van der Waals surface area contributed by atoms with E-state index in [1.165, 1.54) is 24.3 Å². The maximum Gasteiger partial charge on any atom is 0.416 e. The second kappa shape index (κ2) is 23.0. The van der Waals surface area contributed by atoms with Gasteiger partial charge in [0.25, 0.3) is 5.69 Å². The van der Waals surface area contributed by atoms with Crippen LogP contribution in [0.4, 0.5) is 15.3 Å². The third-order valence-electron chi connectivity index (χ3n) is 13.5. The average Bonchev–Trinajstić information content (AvgIpc) is 3.37. The fraction of sp³-hybridized carbons (Fsp3) is 0.364. The summed E-state index contributed by atoms with van der Waals surface area (Å²) in [4.78, 5) is 47.2. The second-order valence-corrected chi connectivity index (χ2v) is 17.8. The first-order valence-corrected chi connectivity index (χ1v) is 24.1. The molecule has 3 N–H and O–H groups in total. The van der Waals surface area contributed by atoms with Crippen LogP contribution in [0, 0.1) is 27.9 Å². The van der Waals surface area contributed by atoms with E-state index < -0.39 is 40.8 Å².